The van der Waals surface area contributed by atoms with Crippen molar-refractivity contribution in [2.45, 2.75) is 117 Å². The SMILES string of the molecule is CC[N+]1(C)CCCC1C(=O)CCC1CCC=C(CCc2cccc3cc(C(=O)NC4CC(C(C)(C)C)=CC(NC(C)=O)=C4OC)n(C)c23)CC1. The van der Waals surface area contributed by atoms with Gasteiger partial charge in [-0.1, -0.05) is 56.2 Å². The van der Waals surface area contributed by atoms with E-state index in [2.05, 4.69) is 69.7 Å². The summed E-state index contributed by atoms with van der Waals surface area (Å²) in [6.07, 6.45) is 15.5. The zero-order valence-electron chi connectivity index (χ0n) is 31.9. The minimum atomic E-state index is -0.409. The molecule has 2 amide bonds. The molecule has 0 bridgehead atoms. The average Bonchev–Trinajstić information content (AvgIpc) is 3.54. The minimum Gasteiger partial charge on any atom is -0.497 e. The molecule has 8 nitrogen and oxygen atoms in total. The second-order valence-corrected chi connectivity index (χ2v) is 16.3. The number of rotatable bonds is 12. The van der Waals surface area contributed by atoms with Crippen molar-refractivity contribution in [3.05, 3.63) is 70.3 Å². The molecule has 5 rings (SSSR count). The maximum atomic E-state index is 13.9. The van der Waals surface area contributed by atoms with E-state index in [1.165, 1.54) is 30.9 Å². The summed E-state index contributed by atoms with van der Waals surface area (Å²) < 4.78 is 8.72. The Hall–Kier alpha value is -3.65. The Balaban J connectivity index is 1.22. The number of ether oxygens (including phenoxy) is 1. The Morgan fingerprint density at radius 1 is 1.10 bits per heavy atom. The molecule has 2 N–H and O–H groups in total. The van der Waals surface area contributed by atoms with Crippen LogP contribution in [-0.2, 0) is 27.8 Å². The molecule has 1 aromatic heterocycles. The highest BCUT2D eigenvalue weighted by Gasteiger charge is 2.41. The molecular formula is C42H61N4O4+. The average molecular weight is 686 g/mol. The molecule has 0 spiro atoms. The third-order valence-electron chi connectivity index (χ3n) is 11.9. The standard InChI is InChI=1S/C42H60N4O4/c1-9-46(7)24-12-17-37(46)38(48)23-21-30-14-10-13-29(18-19-30)20-22-31-15-11-16-32-25-36(45(6)39(31)32)41(49)44-35-27-33(42(3,4)5)26-34(40(35)50-8)43-28(2)47/h11,13,15-16,25-26,30,35,37H,9-10,12,14,17-24,27H2,1-8H3,(H-,43,44,47,49)/p+1. The summed E-state index contributed by atoms with van der Waals surface area (Å²) in [6, 6.07) is 8.14. The van der Waals surface area contributed by atoms with Crippen LogP contribution in [0.15, 0.2) is 59.0 Å². The first-order valence-corrected chi connectivity index (χ1v) is 18.9. The Labute approximate surface area is 300 Å². The van der Waals surface area contributed by atoms with Crippen molar-refractivity contribution < 1.29 is 23.6 Å². The van der Waals surface area contributed by atoms with Crippen LogP contribution in [0.5, 0.6) is 0 Å². The predicted molar refractivity (Wildman–Crippen MR) is 201 cm³/mol. The van der Waals surface area contributed by atoms with Gasteiger partial charge < -0.3 is 24.4 Å². The number of benzene rings is 1. The lowest BCUT2D eigenvalue weighted by molar-refractivity contribution is -0.910. The molecule has 50 heavy (non-hydrogen) atoms. The van der Waals surface area contributed by atoms with E-state index in [4.69, 9.17) is 4.74 Å². The third-order valence-corrected chi connectivity index (χ3v) is 11.9. The van der Waals surface area contributed by atoms with Gasteiger partial charge >= 0.3 is 0 Å². The molecular weight excluding hydrogens is 624 g/mol. The zero-order chi connectivity index (χ0) is 36.2. The summed E-state index contributed by atoms with van der Waals surface area (Å²) in [5, 5.41) is 7.19. The van der Waals surface area contributed by atoms with Crippen molar-refractivity contribution in [3.63, 3.8) is 0 Å². The molecule has 0 radical (unpaired) electrons. The summed E-state index contributed by atoms with van der Waals surface area (Å²) in [7, 11) is 5.82. The van der Waals surface area contributed by atoms with E-state index in [9.17, 15) is 14.4 Å². The second-order valence-electron chi connectivity index (χ2n) is 16.3. The maximum Gasteiger partial charge on any atom is 0.268 e. The molecule has 1 aromatic carbocycles. The molecule has 2 aliphatic carbocycles. The number of hydrogen-bond acceptors (Lipinski definition) is 4. The van der Waals surface area contributed by atoms with Crippen LogP contribution in [0.4, 0.5) is 0 Å². The van der Waals surface area contributed by atoms with Crippen molar-refractivity contribution in [2.75, 3.05) is 27.2 Å². The maximum absolute atomic E-state index is 13.9. The van der Waals surface area contributed by atoms with E-state index < -0.39 is 6.04 Å². The number of methoxy groups -OCH3 is 1. The first-order valence-electron chi connectivity index (χ1n) is 18.9. The topological polar surface area (TPSA) is 89.4 Å². The van der Waals surface area contributed by atoms with Crippen LogP contribution in [0.25, 0.3) is 10.9 Å². The first-order chi connectivity index (χ1) is 23.7. The first kappa shape index (κ1) is 37.6. The number of carbonyl (C=O) groups is 3. The molecule has 4 atom stereocenters. The van der Waals surface area contributed by atoms with Crippen molar-refractivity contribution in [1.29, 1.82) is 0 Å². The van der Waals surface area contributed by atoms with E-state index in [0.29, 0.717) is 35.3 Å². The summed E-state index contributed by atoms with van der Waals surface area (Å²) in [5.41, 5.74) is 6.02. The van der Waals surface area contributed by atoms with Gasteiger partial charge in [0.05, 0.1) is 44.5 Å². The fourth-order valence-corrected chi connectivity index (χ4v) is 8.62. The number of Topliss-reactive ketones (excluding diaryl/α,β-unsaturated/α-hetero) is 1. The van der Waals surface area contributed by atoms with Crippen LogP contribution >= 0.6 is 0 Å². The van der Waals surface area contributed by atoms with Gasteiger partial charge in [-0.15, -0.1) is 0 Å². The summed E-state index contributed by atoms with van der Waals surface area (Å²) in [4.78, 5) is 39.1. The van der Waals surface area contributed by atoms with Gasteiger partial charge in [0.15, 0.2) is 5.78 Å². The molecule has 4 unspecified atom stereocenters. The molecule has 8 heteroatoms. The van der Waals surface area contributed by atoms with Crippen molar-refractivity contribution in [3.8, 4) is 0 Å². The number of fused-ring (bicyclic) bond motifs is 1. The number of nitrogens with one attached hydrogen (secondary N) is 2. The van der Waals surface area contributed by atoms with E-state index >= 15 is 0 Å². The van der Waals surface area contributed by atoms with Crippen LogP contribution in [0, 0.1) is 11.3 Å². The fourth-order valence-electron chi connectivity index (χ4n) is 8.62. The smallest absolute Gasteiger partial charge is 0.268 e. The number of amides is 2. The van der Waals surface area contributed by atoms with Gasteiger partial charge in [0.2, 0.25) is 5.91 Å². The van der Waals surface area contributed by atoms with Gasteiger partial charge in [-0.05, 0) is 87.3 Å². The van der Waals surface area contributed by atoms with Gasteiger partial charge in [-0.2, -0.15) is 0 Å². The molecule has 3 aliphatic rings. The van der Waals surface area contributed by atoms with E-state index in [-0.39, 0.29) is 23.3 Å². The summed E-state index contributed by atoms with van der Waals surface area (Å²) in [6.45, 7) is 12.3. The molecule has 1 fully saturated rings. The van der Waals surface area contributed by atoms with Crippen LogP contribution in [0.2, 0.25) is 0 Å². The van der Waals surface area contributed by atoms with Gasteiger partial charge in [0.25, 0.3) is 5.91 Å². The number of allylic oxidation sites excluding steroid dienone is 3. The van der Waals surface area contributed by atoms with Crippen LogP contribution in [0.3, 0.4) is 0 Å². The van der Waals surface area contributed by atoms with E-state index in [1.807, 2.05) is 23.8 Å². The molecule has 1 aliphatic heterocycles. The van der Waals surface area contributed by atoms with Crippen molar-refractivity contribution in [2.24, 2.45) is 18.4 Å². The molecule has 1 saturated heterocycles. The molecule has 2 aromatic rings. The lowest BCUT2D eigenvalue weighted by Gasteiger charge is -2.34. The molecule has 2 heterocycles. The number of para-hydroxylation sites is 1. The van der Waals surface area contributed by atoms with Gasteiger partial charge in [-0.25, -0.2) is 0 Å². The number of carbonyl (C=O) groups excluding carboxylic acids is 3. The Morgan fingerprint density at radius 3 is 2.58 bits per heavy atom. The predicted octanol–water partition coefficient (Wildman–Crippen LogP) is 7.67. The third kappa shape index (κ3) is 8.44. The molecule has 272 valence electrons. The monoisotopic (exact) mass is 685 g/mol. The minimum absolute atomic E-state index is 0.140. The lowest BCUT2D eigenvalue weighted by atomic mass is 9.79. The highest BCUT2D eigenvalue weighted by atomic mass is 16.5. The quantitative estimate of drug-likeness (QED) is 0.177. The van der Waals surface area contributed by atoms with Gasteiger partial charge in [0, 0.05) is 38.6 Å². The second kappa shape index (κ2) is 15.7. The van der Waals surface area contributed by atoms with Crippen LogP contribution < -0.4 is 10.6 Å². The zero-order valence-corrected chi connectivity index (χ0v) is 31.9. The Morgan fingerprint density at radius 2 is 1.88 bits per heavy atom. The van der Waals surface area contributed by atoms with Gasteiger partial charge in [0.1, 0.15) is 17.5 Å². The van der Waals surface area contributed by atoms with E-state index in [1.54, 1.807) is 7.11 Å². The van der Waals surface area contributed by atoms with Crippen LogP contribution in [-0.4, -0.2) is 66.0 Å². The highest BCUT2D eigenvalue weighted by Crippen LogP contribution is 2.36. The fraction of sp³-hybridized carbons (Fsp3) is 0.595. The van der Waals surface area contributed by atoms with Crippen LogP contribution in [0.1, 0.15) is 115 Å². The Kier molecular flexibility index (Phi) is 11.8. The van der Waals surface area contributed by atoms with Crippen molar-refractivity contribution >= 4 is 28.5 Å². The number of nitrogens with zero attached hydrogens (tertiary/aromatic N) is 2. The van der Waals surface area contributed by atoms with Crippen molar-refractivity contribution in [1.82, 2.24) is 15.2 Å². The lowest BCUT2D eigenvalue weighted by Crippen LogP contribution is -2.51. The largest absolute Gasteiger partial charge is 0.497 e. The summed E-state index contributed by atoms with van der Waals surface area (Å²) in [5.74, 6) is 1.31. The normalized spacial score (nSPS) is 24.4. The number of aryl methyl sites for hydroxylation is 2. The molecule has 0 saturated carbocycles. The van der Waals surface area contributed by atoms with E-state index in [0.717, 1.165) is 85.4 Å². The number of likely N-dealkylation sites (N-methyl/N-ethyl adjacent to an activating group) is 1. The number of hydrogen-bond donors (Lipinski definition) is 2. The summed E-state index contributed by atoms with van der Waals surface area (Å²) >= 11 is 0. The number of quaternary nitrogens is 1. The Bertz CT molecular complexity index is 1690. The number of likely N-dealkylation sites (tertiary alicyclic amines) is 1. The number of ketones is 1. The highest BCUT2D eigenvalue weighted by molar-refractivity contribution is 5.99. The van der Waals surface area contributed by atoms with Gasteiger partial charge in [-0.3, -0.25) is 14.4 Å². The number of aromatic nitrogens is 1.